The predicted octanol–water partition coefficient (Wildman–Crippen LogP) is 5.86. The minimum absolute atomic E-state index is 0.0225. The molecular weight excluding hydrogens is 402 g/mol. The highest BCUT2D eigenvalue weighted by Crippen LogP contribution is 2.39. The summed E-state index contributed by atoms with van der Waals surface area (Å²) in [6.45, 7) is 6.55. The van der Waals surface area contributed by atoms with Crippen LogP contribution in [0.3, 0.4) is 0 Å². The molecule has 0 atom stereocenters. The Kier molecular flexibility index (Phi) is 5.05. The molecule has 1 N–H and O–H groups in total. The van der Waals surface area contributed by atoms with Gasteiger partial charge in [-0.3, -0.25) is 4.79 Å². The maximum atomic E-state index is 12.4. The second kappa shape index (κ2) is 7.39. The van der Waals surface area contributed by atoms with Gasteiger partial charge < -0.3 is 10.2 Å². The van der Waals surface area contributed by atoms with Gasteiger partial charge in [-0.1, -0.05) is 23.7 Å². The molecule has 6 heteroatoms. The number of anilines is 1. The lowest BCUT2D eigenvalue weighted by Crippen LogP contribution is -2.42. The van der Waals surface area contributed by atoms with E-state index >= 15 is 0 Å². The quantitative estimate of drug-likeness (QED) is 0.615. The first kappa shape index (κ1) is 19.8. The molecule has 1 fully saturated rings. The Morgan fingerprint density at radius 1 is 1.17 bits per heavy atom. The molecule has 2 heterocycles. The average molecular weight is 424 g/mol. The summed E-state index contributed by atoms with van der Waals surface area (Å²) in [5, 5.41) is 4.05. The van der Waals surface area contributed by atoms with Crippen molar-refractivity contribution >= 4 is 57.5 Å². The van der Waals surface area contributed by atoms with Crippen molar-refractivity contribution in [2.24, 2.45) is 4.99 Å². The van der Waals surface area contributed by atoms with Crippen LogP contribution >= 0.6 is 23.4 Å². The summed E-state index contributed by atoms with van der Waals surface area (Å²) in [5.74, 6) is -0.133. The van der Waals surface area contributed by atoms with Crippen LogP contribution < -0.4 is 10.2 Å². The van der Waals surface area contributed by atoms with Crippen molar-refractivity contribution in [3.05, 3.63) is 69.6 Å². The van der Waals surface area contributed by atoms with E-state index < -0.39 is 0 Å². The Labute approximate surface area is 180 Å². The van der Waals surface area contributed by atoms with E-state index in [4.69, 9.17) is 11.6 Å². The Morgan fingerprint density at radius 3 is 2.62 bits per heavy atom. The lowest BCUT2D eigenvalue weighted by atomic mass is 9.88. The van der Waals surface area contributed by atoms with E-state index in [0.29, 0.717) is 15.1 Å². The molecule has 1 saturated heterocycles. The van der Waals surface area contributed by atoms with Crippen molar-refractivity contribution in [2.75, 3.05) is 11.9 Å². The fourth-order valence-corrected chi connectivity index (χ4v) is 4.50. The van der Waals surface area contributed by atoms with Gasteiger partial charge in [0.25, 0.3) is 5.91 Å². The fraction of sp³-hybridized carbons (Fsp3) is 0.217. The number of likely N-dealkylation sites (N-methyl/N-ethyl adjacent to an activating group) is 1. The third-order valence-corrected chi connectivity index (χ3v) is 6.41. The summed E-state index contributed by atoms with van der Waals surface area (Å²) >= 11 is 7.25. The lowest BCUT2D eigenvalue weighted by molar-refractivity contribution is -0.115. The molecule has 2 aromatic carbocycles. The molecule has 4 rings (SSSR count). The van der Waals surface area contributed by atoms with Crippen LogP contribution in [0.5, 0.6) is 0 Å². The molecule has 0 unspecified atom stereocenters. The Hall–Kier alpha value is -2.50. The Morgan fingerprint density at radius 2 is 1.90 bits per heavy atom. The van der Waals surface area contributed by atoms with Gasteiger partial charge in [0.05, 0.1) is 16.1 Å². The molecule has 0 aliphatic carbocycles. The zero-order chi connectivity index (χ0) is 20.8. The summed E-state index contributed by atoms with van der Waals surface area (Å²) in [5.41, 5.74) is 5.36. The molecule has 0 saturated carbocycles. The highest BCUT2D eigenvalue weighted by molar-refractivity contribution is 8.18. The lowest BCUT2D eigenvalue weighted by Gasteiger charge is -2.40. The van der Waals surface area contributed by atoms with E-state index in [1.165, 1.54) is 28.6 Å². The standard InChI is InChI=1S/C23H22ClN3OS/c1-14-13-23(2,3)27(4)19-10-5-15(11-18(14)19)12-20-21(28)26-22(29-20)25-17-8-6-16(24)7-9-17/h5-13H,1-4H3,(H,25,26,28)/b20-12-. The van der Waals surface area contributed by atoms with Gasteiger partial charge in [-0.2, -0.15) is 0 Å². The predicted molar refractivity (Wildman–Crippen MR) is 125 cm³/mol. The first-order chi connectivity index (χ1) is 13.7. The minimum Gasteiger partial charge on any atom is -0.366 e. The summed E-state index contributed by atoms with van der Waals surface area (Å²) in [7, 11) is 2.11. The molecule has 0 bridgehead atoms. The molecule has 0 aromatic heterocycles. The maximum absolute atomic E-state index is 12.4. The minimum atomic E-state index is -0.133. The number of aliphatic imine (C=N–C) groups is 1. The van der Waals surface area contributed by atoms with Gasteiger partial charge in [0.15, 0.2) is 5.17 Å². The number of halogens is 1. The topological polar surface area (TPSA) is 44.7 Å². The number of thioether (sulfide) groups is 1. The van der Waals surface area contributed by atoms with E-state index in [0.717, 1.165) is 11.3 Å². The number of benzene rings is 2. The molecule has 2 aromatic rings. The van der Waals surface area contributed by atoms with Crippen molar-refractivity contribution in [1.29, 1.82) is 0 Å². The van der Waals surface area contributed by atoms with Gasteiger partial charge in [0.2, 0.25) is 0 Å². The van der Waals surface area contributed by atoms with E-state index in [1.807, 2.05) is 18.2 Å². The number of rotatable bonds is 2. The van der Waals surface area contributed by atoms with E-state index in [9.17, 15) is 4.79 Å². The van der Waals surface area contributed by atoms with Crippen LogP contribution in [0.1, 0.15) is 31.9 Å². The van der Waals surface area contributed by atoms with Gasteiger partial charge >= 0.3 is 0 Å². The molecule has 4 nitrogen and oxygen atoms in total. The molecule has 29 heavy (non-hydrogen) atoms. The van der Waals surface area contributed by atoms with Gasteiger partial charge in [0.1, 0.15) is 0 Å². The number of fused-ring (bicyclic) bond motifs is 1. The van der Waals surface area contributed by atoms with Crippen LogP contribution in [-0.4, -0.2) is 23.7 Å². The zero-order valence-electron chi connectivity index (χ0n) is 16.8. The first-order valence-electron chi connectivity index (χ1n) is 9.36. The van der Waals surface area contributed by atoms with Crippen molar-refractivity contribution in [3.8, 4) is 0 Å². The van der Waals surface area contributed by atoms with E-state index in [2.05, 4.69) is 67.3 Å². The highest BCUT2D eigenvalue weighted by atomic mass is 35.5. The van der Waals surface area contributed by atoms with Crippen LogP contribution in [0, 0.1) is 0 Å². The number of hydrogen-bond donors (Lipinski definition) is 1. The van der Waals surface area contributed by atoms with Crippen molar-refractivity contribution in [3.63, 3.8) is 0 Å². The molecule has 2 aliphatic rings. The van der Waals surface area contributed by atoms with Crippen LogP contribution in [-0.2, 0) is 4.79 Å². The number of nitrogens with zero attached hydrogens (tertiary/aromatic N) is 2. The molecular formula is C23H22ClN3OS. The van der Waals surface area contributed by atoms with Crippen molar-refractivity contribution < 1.29 is 4.79 Å². The molecule has 2 aliphatic heterocycles. The largest absolute Gasteiger partial charge is 0.366 e. The van der Waals surface area contributed by atoms with Crippen LogP contribution in [0.15, 0.2) is 58.4 Å². The number of nitrogens with one attached hydrogen (secondary N) is 1. The number of amides is 1. The Balaban J connectivity index is 1.61. The number of carbonyl (C=O) groups excluding carboxylic acids is 1. The van der Waals surface area contributed by atoms with Crippen LogP contribution in [0.2, 0.25) is 5.02 Å². The zero-order valence-corrected chi connectivity index (χ0v) is 18.4. The Bertz CT molecular complexity index is 1080. The highest BCUT2D eigenvalue weighted by Gasteiger charge is 2.29. The molecule has 0 spiro atoms. The fourth-order valence-electron chi connectivity index (χ4n) is 3.53. The molecule has 0 radical (unpaired) electrons. The summed E-state index contributed by atoms with van der Waals surface area (Å²) in [6.07, 6.45) is 4.19. The van der Waals surface area contributed by atoms with E-state index in [1.54, 1.807) is 12.1 Å². The SMILES string of the molecule is CC1=CC(C)(C)N(C)c2ccc(/C=C3\SC(=Nc4ccc(Cl)cc4)NC3=O)cc21. The van der Waals surface area contributed by atoms with Crippen LogP contribution in [0.4, 0.5) is 11.4 Å². The molecule has 1 amide bonds. The molecule has 148 valence electrons. The van der Waals surface area contributed by atoms with Crippen molar-refractivity contribution in [2.45, 2.75) is 26.3 Å². The van der Waals surface area contributed by atoms with Gasteiger partial charge in [-0.15, -0.1) is 0 Å². The van der Waals surface area contributed by atoms with Gasteiger partial charge in [0, 0.05) is 23.3 Å². The number of hydrogen-bond acceptors (Lipinski definition) is 4. The summed E-state index contributed by atoms with van der Waals surface area (Å²) in [4.78, 5) is 19.8. The average Bonchev–Trinajstić information content (AvgIpc) is 3.00. The van der Waals surface area contributed by atoms with E-state index in [-0.39, 0.29) is 11.4 Å². The van der Waals surface area contributed by atoms with Crippen LogP contribution in [0.25, 0.3) is 11.6 Å². The second-order valence-electron chi connectivity index (χ2n) is 7.77. The van der Waals surface area contributed by atoms with Crippen molar-refractivity contribution in [1.82, 2.24) is 5.32 Å². The third kappa shape index (κ3) is 3.98. The van der Waals surface area contributed by atoms with Gasteiger partial charge in [-0.05, 0) is 86.1 Å². The van der Waals surface area contributed by atoms with Gasteiger partial charge in [-0.25, -0.2) is 4.99 Å². The smallest absolute Gasteiger partial charge is 0.264 e. The maximum Gasteiger partial charge on any atom is 0.264 e. The number of carbonyl (C=O) groups is 1. The number of amidine groups is 1. The third-order valence-electron chi connectivity index (χ3n) is 5.25. The summed E-state index contributed by atoms with van der Waals surface area (Å²) < 4.78 is 0. The summed E-state index contributed by atoms with van der Waals surface area (Å²) in [6, 6.07) is 13.5. The monoisotopic (exact) mass is 423 g/mol. The second-order valence-corrected chi connectivity index (χ2v) is 9.24. The first-order valence-corrected chi connectivity index (χ1v) is 10.6. The normalized spacial score (nSPS) is 20.7. The number of allylic oxidation sites excluding steroid dienone is 1.